The number of nitrogens with zero attached hydrogens (tertiary/aromatic N) is 1. The number of rotatable bonds is 4. The zero-order valence-electron chi connectivity index (χ0n) is 13.7. The monoisotopic (exact) mass is 323 g/mol. The van der Waals surface area contributed by atoms with Crippen LogP contribution in [-0.2, 0) is 0 Å². The number of urea groups is 1. The average molecular weight is 323 g/mol. The third-order valence-electron chi connectivity index (χ3n) is 4.15. The van der Waals surface area contributed by atoms with E-state index in [2.05, 4.69) is 15.5 Å². The Hall–Kier alpha value is -2.82. The summed E-state index contributed by atoms with van der Waals surface area (Å²) in [5.74, 6) is 0.00379. The number of carbonyl (C=O) groups excluding carboxylic acids is 2. The van der Waals surface area contributed by atoms with Crippen LogP contribution in [-0.4, -0.2) is 24.9 Å². The quantitative estimate of drug-likeness (QED) is 0.832. The highest BCUT2D eigenvalue weighted by molar-refractivity contribution is 6.00. The lowest BCUT2D eigenvalue weighted by atomic mass is 10.1. The van der Waals surface area contributed by atoms with E-state index in [4.69, 9.17) is 0 Å². The minimum absolute atomic E-state index is 0.00379. The van der Waals surface area contributed by atoms with Crippen molar-refractivity contribution in [3.8, 4) is 0 Å². The van der Waals surface area contributed by atoms with Crippen molar-refractivity contribution in [3.05, 3.63) is 54.1 Å². The Labute approximate surface area is 141 Å². The fourth-order valence-electron chi connectivity index (χ4n) is 2.81. The first kappa shape index (κ1) is 16.1. The zero-order chi connectivity index (χ0) is 16.9. The van der Waals surface area contributed by atoms with E-state index in [-0.39, 0.29) is 11.8 Å². The second-order valence-electron chi connectivity index (χ2n) is 5.95. The molecule has 3 rings (SSSR count). The van der Waals surface area contributed by atoms with Crippen molar-refractivity contribution in [2.75, 3.05) is 28.6 Å². The number of amides is 2. The van der Waals surface area contributed by atoms with Crippen LogP contribution >= 0.6 is 0 Å². The van der Waals surface area contributed by atoms with E-state index in [0.717, 1.165) is 18.8 Å². The Morgan fingerprint density at radius 1 is 0.833 bits per heavy atom. The first-order valence-corrected chi connectivity index (χ1v) is 8.16. The Morgan fingerprint density at radius 2 is 1.33 bits per heavy atom. The van der Waals surface area contributed by atoms with E-state index < -0.39 is 0 Å². The van der Waals surface area contributed by atoms with Gasteiger partial charge in [-0.1, -0.05) is 0 Å². The van der Waals surface area contributed by atoms with E-state index in [9.17, 15) is 9.59 Å². The molecule has 0 unspecified atom stereocenters. The first-order valence-electron chi connectivity index (χ1n) is 8.16. The molecule has 0 spiro atoms. The van der Waals surface area contributed by atoms with E-state index in [1.54, 1.807) is 24.3 Å². The molecule has 0 atom stereocenters. The predicted molar refractivity (Wildman–Crippen MR) is 97.0 cm³/mol. The van der Waals surface area contributed by atoms with Crippen LogP contribution < -0.4 is 15.5 Å². The molecule has 0 bridgehead atoms. The van der Waals surface area contributed by atoms with Crippen LogP contribution in [0.4, 0.5) is 21.9 Å². The fraction of sp³-hybridized carbons (Fsp3) is 0.263. The molecule has 0 aliphatic carbocycles. The fourth-order valence-corrected chi connectivity index (χ4v) is 2.81. The molecule has 2 amide bonds. The van der Waals surface area contributed by atoms with Crippen LogP contribution in [0.25, 0.3) is 0 Å². The lowest BCUT2D eigenvalue weighted by Gasteiger charge is -2.17. The van der Waals surface area contributed by atoms with E-state index in [1.807, 2.05) is 24.3 Å². The van der Waals surface area contributed by atoms with Gasteiger partial charge in [0.2, 0.25) is 0 Å². The van der Waals surface area contributed by atoms with Crippen LogP contribution in [0.15, 0.2) is 48.5 Å². The Bertz CT molecular complexity index is 717. The van der Waals surface area contributed by atoms with Crippen molar-refractivity contribution in [3.63, 3.8) is 0 Å². The summed E-state index contributed by atoms with van der Waals surface area (Å²) in [7, 11) is 0. The van der Waals surface area contributed by atoms with Crippen molar-refractivity contribution in [2.45, 2.75) is 19.8 Å². The number of benzene rings is 2. The van der Waals surface area contributed by atoms with Crippen molar-refractivity contribution in [1.82, 2.24) is 0 Å². The molecular weight excluding hydrogens is 302 g/mol. The van der Waals surface area contributed by atoms with Gasteiger partial charge in [0, 0.05) is 35.7 Å². The maximum absolute atomic E-state index is 12.0. The molecule has 5 heteroatoms. The molecule has 1 aliphatic heterocycles. The predicted octanol–water partition coefficient (Wildman–Crippen LogP) is 4.13. The van der Waals surface area contributed by atoms with Gasteiger partial charge in [-0.05, 0) is 68.3 Å². The summed E-state index contributed by atoms with van der Waals surface area (Å²) in [5, 5.41) is 5.56. The Kier molecular flexibility index (Phi) is 4.79. The van der Waals surface area contributed by atoms with Crippen LogP contribution in [0.2, 0.25) is 0 Å². The molecule has 1 aliphatic rings. The number of hydrogen-bond acceptors (Lipinski definition) is 3. The summed E-state index contributed by atoms with van der Waals surface area (Å²) in [6.07, 6.45) is 2.48. The second-order valence-corrected chi connectivity index (χ2v) is 5.95. The topological polar surface area (TPSA) is 61.4 Å². The summed E-state index contributed by atoms with van der Waals surface area (Å²) >= 11 is 0. The first-order chi connectivity index (χ1) is 11.6. The van der Waals surface area contributed by atoms with Crippen molar-refractivity contribution >= 4 is 28.9 Å². The molecule has 0 aromatic heterocycles. The van der Waals surface area contributed by atoms with Gasteiger partial charge in [0.25, 0.3) is 0 Å². The van der Waals surface area contributed by atoms with Gasteiger partial charge in [0.05, 0.1) is 0 Å². The number of Topliss-reactive ketones (excluding diaryl/α,β-unsaturated/α-hetero) is 1. The summed E-state index contributed by atoms with van der Waals surface area (Å²) in [6.45, 7) is 3.72. The highest BCUT2D eigenvalue weighted by atomic mass is 16.2. The number of carbonyl (C=O) groups is 2. The van der Waals surface area contributed by atoms with Crippen molar-refractivity contribution in [1.29, 1.82) is 0 Å². The molecule has 1 saturated heterocycles. The van der Waals surface area contributed by atoms with Gasteiger partial charge in [-0.25, -0.2) is 4.79 Å². The van der Waals surface area contributed by atoms with Crippen LogP contribution in [0.1, 0.15) is 30.1 Å². The molecule has 2 aromatic rings. The average Bonchev–Trinajstić information content (AvgIpc) is 3.10. The maximum atomic E-state index is 12.0. The minimum Gasteiger partial charge on any atom is -0.372 e. The summed E-state index contributed by atoms with van der Waals surface area (Å²) in [4.78, 5) is 25.6. The van der Waals surface area contributed by atoms with Gasteiger partial charge in [-0.3, -0.25) is 4.79 Å². The summed E-state index contributed by atoms with van der Waals surface area (Å²) in [5.41, 5.74) is 3.21. The zero-order valence-corrected chi connectivity index (χ0v) is 13.7. The maximum Gasteiger partial charge on any atom is 0.323 e. The van der Waals surface area contributed by atoms with Gasteiger partial charge in [-0.2, -0.15) is 0 Å². The Morgan fingerprint density at radius 3 is 1.83 bits per heavy atom. The lowest BCUT2D eigenvalue weighted by Crippen LogP contribution is -2.20. The molecule has 1 fully saturated rings. The number of nitrogens with one attached hydrogen (secondary N) is 2. The third kappa shape index (κ3) is 3.93. The van der Waals surface area contributed by atoms with Gasteiger partial charge in [-0.15, -0.1) is 0 Å². The SMILES string of the molecule is CC(=O)c1ccc(NC(=O)Nc2ccc(N3CCCC3)cc2)cc1. The molecule has 0 saturated carbocycles. The molecule has 2 aromatic carbocycles. The lowest BCUT2D eigenvalue weighted by molar-refractivity contribution is 0.101. The van der Waals surface area contributed by atoms with Gasteiger partial charge < -0.3 is 15.5 Å². The van der Waals surface area contributed by atoms with E-state index in [0.29, 0.717) is 11.3 Å². The second kappa shape index (κ2) is 7.17. The third-order valence-corrected chi connectivity index (χ3v) is 4.15. The molecule has 1 heterocycles. The van der Waals surface area contributed by atoms with Crippen LogP contribution in [0.5, 0.6) is 0 Å². The Balaban J connectivity index is 1.57. The van der Waals surface area contributed by atoms with Crippen LogP contribution in [0.3, 0.4) is 0 Å². The van der Waals surface area contributed by atoms with Gasteiger partial charge >= 0.3 is 6.03 Å². The van der Waals surface area contributed by atoms with Crippen LogP contribution in [0, 0.1) is 0 Å². The number of anilines is 3. The molecule has 0 radical (unpaired) electrons. The smallest absolute Gasteiger partial charge is 0.323 e. The summed E-state index contributed by atoms with van der Waals surface area (Å²) in [6, 6.07) is 14.4. The molecular formula is C19H21N3O2. The van der Waals surface area contributed by atoms with Gasteiger partial charge in [0.15, 0.2) is 5.78 Å². The van der Waals surface area contributed by atoms with Gasteiger partial charge in [0.1, 0.15) is 0 Å². The van der Waals surface area contributed by atoms with Crippen molar-refractivity contribution < 1.29 is 9.59 Å². The highest BCUT2D eigenvalue weighted by Crippen LogP contribution is 2.22. The molecule has 124 valence electrons. The summed E-state index contributed by atoms with van der Waals surface area (Å²) < 4.78 is 0. The highest BCUT2D eigenvalue weighted by Gasteiger charge is 2.12. The minimum atomic E-state index is -0.306. The largest absolute Gasteiger partial charge is 0.372 e. The molecule has 2 N–H and O–H groups in total. The van der Waals surface area contributed by atoms with E-state index in [1.165, 1.54) is 25.5 Å². The molecule has 24 heavy (non-hydrogen) atoms. The number of hydrogen-bond donors (Lipinski definition) is 2. The normalized spacial score (nSPS) is 13.6. The van der Waals surface area contributed by atoms with E-state index >= 15 is 0 Å². The van der Waals surface area contributed by atoms with Crippen molar-refractivity contribution in [2.24, 2.45) is 0 Å². The number of ketones is 1. The standard InChI is InChI=1S/C19H21N3O2/c1-14(23)15-4-6-16(7-5-15)20-19(24)21-17-8-10-18(11-9-17)22-12-2-3-13-22/h4-11H,2-3,12-13H2,1H3,(H2,20,21,24). The molecule has 5 nitrogen and oxygen atoms in total.